The van der Waals surface area contributed by atoms with Crippen LogP contribution < -0.4 is 4.74 Å². The molecule has 1 rings (SSSR count). The average Bonchev–Trinajstić information content (AvgIpc) is 2.27. The van der Waals surface area contributed by atoms with Gasteiger partial charge < -0.3 is 9.84 Å². The summed E-state index contributed by atoms with van der Waals surface area (Å²) in [6.07, 6.45) is 0.294. The fourth-order valence-corrected chi connectivity index (χ4v) is 1.69. The van der Waals surface area contributed by atoms with Crippen molar-refractivity contribution in [1.29, 1.82) is 0 Å². The molecule has 0 fully saturated rings. The molecule has 0 bridgehead atoms. The van der Waals surface area contributed by atoms with Gasteiger partial charge in [-0.15, -0.1) is 0 Å². The summed E-state index contributed by atoms with van der Waals surface area (Å²) >= 11 is 0. The normalized spacial score (nSPS) is 11.1. The largest absolute Gasteiger partial charge is 0.496 e. The molecule has 0 heterocycles. The molecule has 0 aliphatic rings. The van der Waals surface area contributed by atoms with Crippen molar-refractivity contribution in [3.63, 3.8) is 0 Å². The standard InChI is InChI=1S/C15H20O3/c1-10(14(16)17)8-11-9-12(15(2,3)4)6-7-13(11)18-5/h6-7,9H,1,8H2,2-5H3,(H,16,17). The fourth-order valence-electron chi connectivity index (χ4n) is 1.69. The summed E-state index contributed by atoms with van der Waals surface area (Å²) in [7, 11) is 1.58. The lowest BCUT2D eigenvalue weighted by atomic mass is 9.85. The molecule has 3 heteroatoms. The van der Waals surface area contributed by atoms with Gasteiger partial charge in [-0.3, -0.25) is 0 Å². The fraction of sp³-hybridized carbons (Fsp3) is 0.400. The Morgan fingerprint density at radius 2 is 2.00 bits per heavy atom. The molecule has 0 saturated heterocycles. The van der Waals surface area contributed by atoms with Crippen molar-refractivity contribution in [1.82, 2.24) is 0 Å². The lowest BCUT2D eigenvalue weighted by Crippen LogP contribution is -2.12. The van der Waals surface area contributed by atoms with Gasteiger partial charge in [0.2, 0.25) is 0 Å². The van der Waals surface area contributed by atoms with E-state index in [0.29, 0.717) is 12.2 Å². The van der Waals surface area contributed by atoms with Crippen LogP contribution >= 0.6 is 0 Å². The Bertz CT molecular complexity index is 467. The van der Waals surface area contributed by atoms with Crippen LogP contribution in [0.3, 0.4) is 0 Å². The van der Waals surface area contributed by atoms with Crippen LogP contribution in [0.1, 0.15) is 31.9 Å². The van der Waals surface area contributed by atoms with E-state index in [1.54, 1.807) is 7.11 Å². The minimum atomic E-state index is -0.974. The molecule has 18 heavy (non-hydrogen) atoms. The Hall–Kier alpha value is -1.77. The predicted octanol–water partition coefficient (Wildman–Crippen LogP) is 3.18. The summed E-state index contributed by atoms with van der Waals surface area (Å²) in [4.78, 5) is 10.8. The zero-order valence-electron chi connectivity index (χ0n) is 11.4. The van der Waals surface area contributed by atoms with E-state index in [0.717, 1.165) is 11.1 Å². The summed E-state index contributed by atoms with van der Waals surface area (Å²) in [6.45, 7) is 9.91. The number of ether oxygens (including phenoxy) is 1. The highest BCUT2D eigenvalue weighted by atomic mass is 16.5. The first kappa shape index (κ1) is 14.3. The van der Waals surface area contributed by atoms with E-state index < -0.39 is 5.97 Å². The second-order valence-corrected chi connectivity index (χ2v) is 5.36. The highest BCUT2D eigenvalue weighted by Gasteiger charge is 2.17. The van der Waals surface area contributed by atoms with E-state index in [9.17, 15) is 4.79 Å². The highest BCUT2D eigenvalue weighted by Crippen LogP contribution is 2.29. The van der Waals surface area contributed by atoms with Crippen LogP contribution in [0.15, 0.2) is 30.4 Å². The van der Waals surface area contributed by atoms with Crippen molar-refractivity contribution >= 4 is 5.97 Å². The number of carboxylic acids is 1. The van der Waals surface area contributed by atoms with Crippen LogP contribution in [-0.2, 0) is 16.6 Å². The molecule has 0 saturated carbocycles. The Morgan fingerprint density at radius 3 is 2.44 bits per heavy atom. The maximum Gasteiger partial charge on any atom is 0.331 e. The molecule has 0 aliphatic carbocycles. The van der Waals surface area contributed by atoms with Gasteiger partial charge in [-0.2, -0.15) is 0 Å². The van der Waals surface area contributed by atoms with E-state index in [-0.39, 0.29) is 11.0 Å². The van der Waals surface area contributed by atoms with E-state index in [1.807, 2.05) is 18.2 Å². The molecule has 0 aliphatic heterocycles. The van der Waals surface area contributed by atoms with Crippen molar-refractivity contribution in [3.8, 4) is 5.75 Å². The summed E-state index contributed by atoms with van der Waals surface area (Å²) in [5.41, 5.74) is 2.19. The van der Waals surface area contributed by atoms with Gasteiger partial charge in [0.15, 0.2) is 0 Å². The number of carboxylic acid groups (broad SMARTS) is 1. The van der Waals surface area contributed by atoms with Crippen molar-refractivity contribution in [3.05, 3.63) is 41.5 Å². The van der Waals surface area contributed by atoms with E-state index >= 15 is 0 Å². The van der Waals surface area contributed by atoms with Gasteiger partial charge in [0.25, 0.3) is 0 Å². The minimum Gasteiger partial charge on any atom is -0.496 e. The second kappa shape index (κ2) is 5.25. The van der Waals surface area contributed by atoms with Crippen LogP contribution in [-0.4, -0.2) is 18.2 Å². The number of aliphatic carboxylic acids is 1. The van der Waals surface area contributed by atoms with Gasteiger partial charge >= 0.3 is 5.97 Å². The molecule has 0 radical (unpaired) electrons. The van der Waals surface area contributed by atoms with E-state index in [1.165, 1.54) is 0 Å². The number of benzene rings is 1. The molecule has 1 aromatic rings. The van der Waals surface area contributed by atoms with Crippen molar-refractivity contribution in [2.45, 2.75) is 32.6 Å². The quantitative estimate of drug-likeness (QED) is 0.832. The first-order chi connectivity index (χ1) is 8.25. The van der Waals surface area contributed by atoms with Gasteiger partial charge in [-0.05, 0) is 22.6 Å². The van der Waals surface area contributed by atoms with Gasteiger partial charge in [0, 0.05) is 12.0 Å². The summed E-state index contributed by atoms with van der Waals surface area (Å²) in [5.74, 6) is -0.274. The van der Waals surface area contributed by atoms with Crippen molar-refractivity contribution in [2.24, 2.45) is 0 Å². The lowest BCUT2D eigenvalue weighted by molar-refractivity contribution is -0.132. The Balaban J connectivity index is 3.14. The highest BCUT2D eigenvalue weighted by molar-refractivity contribution is 5.86. The summed E-state index contributed by atoms with van der Waals surface area (Å²) in [5, 5.41) is 8.90. The van der Waals surface area contributed by atoms with Crippen LogP contribution in [0.25, 0.3) is 0 Å². The smallest absolute Gasteiger partial charge is 0.331 e. The van der Waals surface area contributed by atoms with Crippen LogP contribution in [0.5, 0.6) is 5.75 Å². The van der Waals surface area contributed by atoms with Crippen molar-refractivity contribution < 1.29 is 14.6 Å². The van der Waals surface area contributed by atoms with Crippen molar-refractivity contribution in [2.75, 3.05) is 7.11 Å². The predicted molar refractivity (Wildman–Crippen MR) is 72.2 cm³/mol. The summed E-state index contributed by atoms with van der Waals surface area (Å²) < 4.78 is 5.26. The molecule has 3 nitrogen and oxygen atoms in total. The van der Waals surface area contributed by atoms with E-state index in [4.69, 9.17) is 9.84 Å². The zero-order valence-corrected chi connectivity index (χ0v) is 11.4. The first-order valence-corrected chi connectivity index (χ1v) is 5.84. The van der Waals surface area contributed by atoms with Gasteiger partial charge in [0.1, 0.15) is 5.75 Å². The third kappa shape index (κ3) is 3.36. The topological polar surface area (TPSA) is 46.5 Å². The van der Waals surface area contributed by atoms with Gasteiger partial charge in [-0.1, -0.05) is 39.5 Å². The Labute approximate surface area is 108 Å². The van der Waals surface area contributed by atoms with Crippen LogP contribution in [0.4, 0.5) is 0 Å². The second-order valence-electron chi connectivity index (χ2n) is 5.36. The molecule has 0 unspecified atom stereocenters. The average molecular weight is 248 g/mol. The molecule has 0 atom stereocenters. The third-order valence-corrected chi connectivity index (χ3v) is 2.85. The number of hydrogen-bond acceptors (Lipinski definition) is 2. The number of methoxy groups -OCH3 is 1. The third-order valence-electron chi connectivity index (χ3n) is 2.85. The van der Waals surface area contributed by atoms with Crippen LogP contribution in [0, 0.1) is 0 Å². The molecule has 1 aromatic carbocycles. The van der Waals surface area contributed by atoms with Gasteiger partial charge in [0.05, 0.1) is 7.11 Å². The molecular formula is C15H20O3. The lowest BCUT2D eigenvalue weighted by Gasteiger charge is -2.21. The SMILES string of the molecule is C=C(Cc1cc(C(C)(C)C)ccc1OC)C(=O)O. The molecule has 0 spiro atoms. The monoisotopic (exact) mass is 248 g/mol. The van der Waals surface area contributed by atoms with E-state index in [2.05, 4.69) is 27.4 Å². The Kier molecular flexibility index (Phi) is 4.17. The minimum absolute atomic E-state index is 0.0194. The maximum atomic E-state index is 10.8. The van der Waals surface area contributed by atoms with Gasteiger partial charge in [-0.25, -0.2) is 4.79 Å². The first-order valence-electron chi connectivity index (χ1n) is 5.84. The summed E-state index contributed by atoms with van der Waals surface area (Å²) in [6, 6.07) is 5.88. The molecular weight excluding hydrogens is 228 g/mol. The molecule has 1 N–H and O–H groups in total. The molecule has 98 valence electrons. The number of hydrogen-bond donors (Lipinski definition) is 1. The molecule has 0 aromatic heterocycles. The Morgan fingerprint density at radius 1 is 1.39 bits per heavy atom. The van der Waals surface area contributed by atoms with Crippen LogP contribution in [0.2, 0.25) is 0 Å². The maximum absolute atomic E-state index is 10.8. The zero-order chi connectivity index (χ0) is 13.9. The number of carbonyl (C=O) groups is 1. The number of rotatable bonds is 4. The molecule has 0 amide bonds.